The minimum Gasteiger partial charge on any atom is -0.396 e. The molecule has 0 radical (unpaired) electrons. The van der Waals surface area contributed by atoms with Gasteiger partial charge in [0.25, 0.3) is 0 Å². The maximum Gasteiger partial charge on any atom is 0.416 e. The van der Waals surface area contributed by atoms with Crippen LogP contribution in [0.4, 0.5) is 13.2 Å². The van der Waals surface area contributed by atoms with Gasteiger partial charge in [0.05, 0.1) is 5.56 Å². The molecule has 1 aromatic carbocycles. The smallest absolute Gasteiger partial charge is 0.396 e. The van der Waals surface area contributed by atoms with E-state index in [2.05, 4.69) is 0 Å². The molecule has 0 aliphatic heterocycles. The lowest BCUT2D eigenvalue weighted by molar-refractivity contribution is -0.137. The van der Waals surface area contributed by atoms with Crippen molar-refractivity contribution in [2.24, 2.45) is 5.73 Å². The number of hydrogen-bond donors (Lipinski definition) is 2. The molecule has 3 N–H and O–H groups in total. The highest BCUT2D eigenvalue weighted by atomic mass is 19.4. The van der Waals surface area contributed by atoms with Gasteiger partial charge >= 0.3 is 6.18 Å². The molecule has 0 bridgehead atoms. The van der Waals surface area contributed by atoms with E-state index >= 15 is 0 Å². The van der Waals surface area contributed by atoms with E-state index in [9.17, 15) is 18.3 Å². The van der Waals surface area contributed by atoms with Gasteiger partial charge in [-0.3, -0.25) is 0 Å². The molecule has 0 amide bonds. The molecule has 2 nitrogen and oxygen atoms in total. The Bertz CT molecular complexity index is 437. The lowest BCUT2D eigenvalue weighted by Crippen LogP contribution is -2.52. The van der Waals surface area contributed by atoms with Gasteiger partial charge in [-0.2, -0.15) is 13.2 Å². The monoisotopic (exact) mass is 275 g/mol. The van der Waals surface area contributed by atoms with Crippen LogP contribution in [0.25, 0.3) is 0 Å². The van der Waals surface area contributed by atoms with E-state index in [-0.39, 0.29) is 6.61 Å². The van der Waals surface area contributed by atoms with Crippen molar-refractivity contribution in [1.82, 2.24) is 0 Å². The van der Waals surface area contributed by atoms with E-state index in [4.69, 9.17) is 5.73 Å². The summed E-state index contributed by atoms with van der Waals surface area (Å²) in [6.07, 6.45) is -4.08. The Hall–Kier alpha value is -1.07. The third-order valence-corrected chi connectivity index (χ3v) is 3.86. The largest absolute Gasteiger partial charge is 0.416 e. The SMILES string of the molecule is CC(C)(N)C(C)(CCO)c1cccc(C(F)(F)F)c1. The van der Waals surface area contributed by atoms with Crippen molar-refractivity contribution in [3.63, 3.8) is 0 Å². The summed E-state index contributed by atoms with van der Waals surface area (Å²) in [5, 5.41) is 9.18. The maximum atomic E-state index is 12.8. The molecule has 0 saturated carbocycles. The lowest BCUT2D eigenvalue weighted by atomic mass is 9.66. The maximum absolute atomic E-state index is 12.8. The second-order valence-corrected chi connectivity index (χ2v) is 5.61. The number of aliphatic hydroxyl groups is 1. The third kappa shape index (κ3) is 3.28. The highest BCUT2D eigenvalue weighted by Gasteiger charge is 2.40. The summed E-state index contributed by atoms with van der Waals surface area (Å²) >= 11 is 0. The van der Waals surface area contributed by atoms with E-state index in [1.54, 1.807) is 26.8 Å². The Kier molecular flexibility index (Phi) is 4.32. The Balaban J connectivity index is 3.33. The summed E-state index contributed by atoms with van der Waals surface area (Å²) in [5.74, 6) is 0. The normalized spacial score (nSPS) is 16.2. The number of hydrogen-bond acceptors (Lipinski definition) is 2. The van der Waals surface area contributed by atoms with E-state index in [0.717, 1.165) is 12.1 Å². The van der Waals surface area contributed by atoms with Crippen LogP contribution in [0.3, 0.4) is 0 Å². The molecule has 0 heterocycles. The highest BCUT2D eigenvalue weighted by Crippen LogP contribution is 2.39. The van der Waals surface area contributed by atoms with Crippen LogP contribution in [-0.2, 0) is 11.6 Å². The van der Waals surface area contributed by atoms with Gasteiger partial charge in [0, 0.05) is 17.6 Å². The summed E-state index contributed by atoms with van der Waals surface area (Å²) < 4.78 is 38.3. The highest BCUT2D eigenvalue weighted by molar-refractivity contribution is 5.34. The van der Waals surface area contributed by atoms with Gasteiger partial charge in [-0.15, -0.1) is 0 Å². The second-order valence-electron chi connectivity index (χ2n) is 5.61. The predicted molar refractivity (Wildman–Crippen MR) is 68.8 cm³/mol. The number of alkyl halides is 3. The van der Waals surface area contributed by atoms with Crippen LogP contribution >= 0.6 is 0 Å². The summed E-state index contributed by atoms with van der Waals surface area (Å²) in [6, 6.07) is 5.15. The first kappa shape index (κ1) is 16.0. The van der Waals surface area contributed by atoms with Gasteiger partial charge in [0.2, 0.25) is 0 Å². The molecule has 0 aliphatic rings. The molecular weight excluding hydrogens is 255 g/mol. The Labute approximate surface area is 111 Å². The molecule has 0 aliphatic carbocycles. The van der Waals surface area contributed by atoms with Crippen molar-refractivity contribution in [3.8, 4) is 0 Å². The molecular formula is C14H20F3NO. The minimum absolute atomic E-state index is 0.132. The van der Waals surface area contributed by atoms with Crippen molar-refractivity contribution in [1.29, 1.82) is 0 Å². The van der Waals surface area contributed by atoms with E-state index in [1.807, 2.05) is 0 Å². The third-order valence-electron chi connectivity index (χ3n) is 3.86. The molecule has 1 atom stereocenters. The quantitative estimate of drug-likeness (QED) is 0.887. The van der Waals surface area contributed by atoms with Gasteiger partial charge in [-0.05, 0) is 31.9 Å². The van der Waals surface area contributed by atoms with Gasteiger partial charge in [0.1, 0.15) is 0 Å². The molecule has 0 aromatic heterocycles. The van der Waals surface area contributed by atoms with Crippen LogP contribution in [0.15, 0.2) is 24.3 Å². The zero-order valence-electron chi connectivity index (χ0n) is 11.4. The van der Waals surface area contributed by atoms with Crippen LogP contribution in [0, 0.1) is 0 Å². The van der Waals surface area contributed by atoms with Crippen LogP contribution in [0.1, 0.15) is 38.3 Å². The minimum atomic E-state index is -4.38. The van der Waals surface area contributed by atoms with Gasteiger partial charge < -0.3 is 10.8 Å². The molecule has 0 saturated heterocycles. The van der Waals surface area contributed by atoms with Crippen molar-refractivity contribution in [2.45, 2.75) is 44.3 Å². The van der Waals surface area contributed by atoms with Crippen molar-refractivity contribution < 1.29 is 18.3 Å². The topological polar surface area (TPSA) is 46.2 Å². The molecule has 0 spiro atoms. The molecule has 0 fully saturated rings. The Morgan fingerprint density at radius 2 is 1.63 bits per heavy atom. The Morgan fingerprint density at radius 3 is 2.05 bits per heavy atom. The van der Waals surface area contributed by atoms with Gasteiger partial charge in [-0.25, -0.2) is 0 Å². The number of nitrogens with two attached hydrogens (primary N) is 1. The summed E-state index contributed by atoms with van der Waals surface area (Å²) in [6.45, 7) is 5.15. The first-order valence-electron chi connectivity index (χ1n) is 6.10. The van der Waals surface area contributed by atoms with E-state index in [0.29, 0.717) is 12.0 Å². The van der Waals surface area contributed by atoms with E-state index < -0.39 is 22.7 Å². The van der Waals surface area contributed by atoms with Crippen molar-refractivity contribution in [3.05, 3.63) is 35.4 Å². The molecule has 5 heteroatoms. The first-order valence-corrected chi connectivity index (χ1v) is 6.10. The summed E-state index contributed by atoms with van der Waals surface area (Å²) in [7, 11) is 0. The zero-order chi connectivity index (χ0) is 14.9. The average molecular weight is 275 g/mol. The molecule has 1 aromatic rings. The van der Waals surface area contributed by atoms with Crippen LogP contribution in [0.2, 0.25) is 0 Å². The molecule has 1 rings (SSSR count). The molecule has 1 unspecified atom stereocenters. The number of benzene rings is 1. The fraction of sp³-hybridized carbons (Fsp3) is 0.571. The van der Waals surface area contributed by atoms with Crippen LogP contribution in [-0.4, -0.2) is 17.3 Å². The summed E-state index contributed by atoms with van der Waals surface area (Å²) in [5.41, 5.74) is 4.41. The van der Waals surface area contributed by atoms with Gasteiger partial charge in [-0.1, -0.05) is 25.1 Å². The second kappa shape index (κ2) is 5.13. The van der Waals surface area contributed by atoms with Gasteiger partial charge in [0.15, 0.2) is 0 Å². The van der Waals surface area contributed by atoms with Crippen LogP contribution < -0.4 is 5.73 Å². The predicted octanol–water partition coefficient (Wildman–Crippen LogP) is 3.08. The first-order chi connectivity index (χ1) is 8.52. The average Bonchev–Trinajstić information content (AvgIpc) is 2.27. The fourth-order valence-electron chi connectivity index (χ4n) is 2.10. The number of halogens is 3. The number of aliphatic hydroxyl groups excluding tert-OH is 1. The van der Waals surface area contributed by atoms with Crippen molar-refractivity contribution >= 4 is 0 Å². The molecule has 108 valence electrons. The van der Waals surface area contributed by atoms with Crippen LogP contribution in [0.5, 0.6) is 0 Å². The van der Waals surface area contributed by atoms with Crippen molar-refractivity contribution in [2.75, 3.05) is 6.61 Å². The lowest BCUT2D eigenvalue weighted by Gasteiger charge is -2.42. The van der Waals surface area contributed by atoms with E-state index in [1.165, 1.54) is 6.07 Å². The fourth-order valence-corrected chi connectivity index (χ4v) is 2.10. The zero-order valence-corrected chi connectivity index (χ0v) is 11.4. The Morgan fingerprint density at radius 1 is 1.11 bits per heavy atom. The molecule has 19 heavy (non-hydrogen) atoms. The summed E-state index contributed by atoms with van der Waals surface area (Å²) in [4.78, 5) is 0. The number of rotatable bonds is 4. The standard InChI is InChI=1S/C14H20F3NO/c1-12(2,18)13(3,7-8-19)10-5-4-6-11(9-10)14(15,16)17/h4-6,9,19H,7-8,18H2,1-3H3.